The Hall–Kier alpha value is -2.93. The smallest absolute Gasteiger partial charge is 0.234 e. The largest absolute Gasteiger partial charge is 0.325 e. The number of hydrogen-bond donors (Lipinski definition) is 1. The van der Waals surface area contributed by atoms with E-state index in [1.165, 1.54) is 11.8 Å². The van der Waals surface area contributed by atoms with Crippen LogP contribution in [0.25, 0.3) is 16.7 Å². The number of thioether (sulfide) groups is 1. The lowest BCUT2D eigenvalue weighted by atomic mass is 10.1. The topological polar surface area (TPSA) is 72.2 Å². The number of aryl methyl sites for hydroxylation is 3. The Morgan fingerprint density at radius 3 is 2.59 bits per heavy atom. The number of amides is 1. The molecule has 2 heterocycles. The third-order valence-corrected chi connectivity index (χ3v) is 5.16. The van der Waals surface area contributed by atoms with Crippen molar-refractivity contribution in [1.29, 1.82) is 0 Å². The van der Waals surface area contributed by atoms with Gasteiger partial charge in [0.1, 0.15) is 10.9 Å². The minimum atomic E-state index is -0.0747. The van der Waals surface area contributed by atoms with Gasteiger partial charge in [-0.2, -0.15) is 0 Å². The lowest BCUT2D eigenvalue weighted by Crippen LogP contribution is -2.14. The average molecular weight is 377 g/mol. The van der Waals surface area contributed by atoms with Gasteiger partial charge in [0.15, 0.2) is 5.65 Å². The molecule has 136 valence electrons. The van der Waals surface area contributed by atoms with Crippen molar-refractivity contribution in [2.75, 3.05) is 11.1 Å². The van der Waals surface area contributed by atoms with E-state index in [4.69, 9.17) is 0 Å². The first kappa shape index (κ1) is 17.5. The van der Waals surface area contributed by atoms with Gasteiger partial charge in [-0.25, -0.2) is 4.98 Å². The normalized spacial score (nSPS) is 11.2. The number of fused-ring (bicyclic) bond motifs is 3. The molecule has 0 aliphatic carbocycles. The number of nitrogens with zero attached hydrogens (tertiary/aromatic N) is 4. The highest BCUT2D eigenvalue weighted by atomic mass is 32.2. The molecule has 0 fully saturated rings. The van der Waals surface area contributed by atoms with Gasteiger partial charge < -0.3 is 5.32 Å². The zero-order chi connectivity index (χ0) is 19.0. The Bertz CT molecular complexity index is 1150. The highest BCUT2D eigenvalue weighted by Crippen LogP contribution is 2.25. The van der Waals surface area contributed by atoms with Crippen molar-refractivity contribution in [2.24, 2.45) is 0 Å². The standard InChI is InChI=1S/C20H19N5OS/c1-12-8-13(2)10-15(9-12)21-18(26)11-27-20-19-24-23-14(3)25(19)17-7-5-4-6-16(17)22-20/h4-10H,11H2,1-3H3,(H,21,26). The summed E-state index contributed by atoms with van der Waals surface area (Å²) in [7, 11) is 0. The number of benzene rings is 2. The molecule has 0 aliphatic rings. The lowest BCUT2D eigenvalue weighted by molar-refractivity contribution is -0.113. The first-order valence-corrected chi connectivity index (χ1v) is 9.61. The van der Waals surface area contributed by atoms with Crippen LogP contribution in [0.3, 0.4) is 0 Å². The summed E-state index contributed by atoms with van der Waals surface area (Å²) in [4.78, 5) is 17.1. The molecular formula is C20H19N5OS. The number of hydrogen-bond acceptors (Lipinski definition) is 5. The zero-order valence-corrected chi connectivity index (χ0v) is 16.2. The highest BCUT2D eigenvalue weighted by Gasteiger charge is 2.14. The Balaban J connectivity index is 1.58. The van der Waals surface area contributed by atoms with E-state index in [9.17, 15) is 4.79 Å². The molecule has 0 bridgehead atoms. The Morgan fingerprint density at radius 2 is 1.81 bits per heavy atom. The molecule has 0 unspecified atom stereocenters. The van der Waals surface area contributed by atoms with Crippen LogP contribution in [-0.4, -0.2) is 31.2 Å². The summed E-state index contributed by atoms with van der Waals surface area (Å²) in [6.07, 6.45) is 0. The number of aromatic nitrogens is 4. The summed E-state index contributed by atoms with van der Waals surface area (Å²) in [5.41, 5.74) is 5.54. The molecule has 6 nitrogen and oxygen atoms in total. The second-order valence-corrected chi connectivity index (χ2v) is 7.49. The van der Waals surface area contributed by atoms with Crippen LogP contribution >= 0.6 is 11.8 Å². The second-order valence-electron chi connectivity index (χ2n) is 6.53. The zero-order valence-electron chi connectivity index (χ0n) is 15.4. The molecule has 1 N–H and O–H groups in total. The Labute approximate surface area is 161 Å². The predicted molar refractivity (Wildman–Crippen MR) is 108 cm³/mol. The Morgan fingerprint density at radius 1 is 1.07 bits per heavy atom. The number of rotatable bonds is 4. The summed E-state index contributed by atoms with van der Waals surface area (Å²) in [6.45, 7) is 5.94. The quantitative estimate of drug-likeness (QED) is 0.546. The maximum atomic E-state index is 12.4. The molecule has 0 atom stereocenters. The van der Waals surface area contributed by atoms with Crippen LogP contribution < -0.4 is 5.32 Å². The van der Waals surface area contributed by atoms with Crippen LogP contribution in [0.2, 0.25) is 0 Å². The molecule has 4 rings (SSSR count). The molecule has 7 heteroatoms. The van der Waals surface area contributed by atoms with Gasteiger partial charge in [0.05, 0.1) is 16.8 Å². The Kier molecular flexibility index (Phi) is 4.53. The van der Waals surface area contributed by atoms with Crippen molar-refractivity contribution in [3.8, 4) is 0 Å². The van der Waals surface area contributed by atoms with Crippen molar-refractivity contribution < 1.29 is 4.79 Å². The molecule has 2 aromatic carbocycles. The van der Waals surface area contributed by atoms with Crippen LogP contribution in [0, 0.1) is 20.8 Å². The monoisotopic (exact) mass is 377 g/mol. The first-order chi connectivity index (χ1) is 13.0. The maximum Gasteiger partial charge on any atom is 0.234 e. The van der Waals surface area contributed by atoms with E-state index in [-0.39, 0.29) is 11.7 Å². The maximum absolute atomic E-state index is 12.4. The molecule has 0 saturated heterocycles. The van der Waals surface area contributed by atoms with E-state index >= 15 is 0 Å². The predicted octanol–water partition coefficient (Wildman–Crippen LogP) is 3.93. The molecule has 0 radical (unpaired) electrons. The van der Waals surface area contributed by atoms with Crippen LogP contribution in [0.15, 0.2) is 47.5 Å². The van der Waals surface area contributed by atoms with Gasteiger partial charge in [0, 0.05) is 5.69 Å². The van der Waals surface area contributed by atoms with Crippen molar-refractivity contribution in [3.63, 3.8) is 0 Å². The van der Waals surface area contributed by atoms with E-state index < -0.39 is 0 Å². The number of nitrogens with one attached hydrogen (secondary N) is 1. The number of para-hydroxylation sites is 2. The summed E-state index contributed by atoms with van der Waals surface area (Å²) < 4.78 is 1.98. The van der Waals surface area contributed by atoms with Gasteiger partial charge in [0.25, 0.3) is 0 Å². The molecule has 0 aliphatic heterocycles. The van der Waals surface area contributed by atoms with E-state index in [2.05, 4.69) is 26.6 Å². The highest BCUT2D eigenvalue weighted by molar-refractivity contribution is 8.00. The van der Waals surface area contributed by atoms with Gasteiger partial charge in [-0.3, -0.25) is 9.20 Å². The van der Waals surface area contributed by atoms with Crippen molar-refractivity contribution >= 4 is 40.0 Å². The SMILES string of the molecule is Cc1cc(C)cc(NC(=O)CSc2nc3ccccc3n3c(C)nnc23)c1. The minimum Gasteiger partial charge on any atom is -0.325 e. The summed E-state index contributed by atoms with van der Waals surface area (Å²) >= 11 is 1.37. The fraction of sp³-hybridized carbons (Fsp3) is 0.200. The van der Waals surface area contributed by atoms with Crippen LogP contribution in [0.4, 0.5) is 5.69 Å². The van der Waals surface area contributed by atoms with Crippen molar-refractivity contribution in [2.45, 2.75) is 25.8 Å². The molecule has 4 aromatic rings. The molecule has 1 amide bonds. The van der Waals surface area contributed by atoms with E-state index in [1.807, 2.05) is 61.6 Å². The van der Waals surface area contributed by atoms with Crippen molar-refractivity contribution in [1.82, 2.24) is 19.6 Å². The van der Waals surface area contributed by atoms with Crippen LogP contribution in [0.5, 0.6) is 0 Å². The summed E-state index contributed by atoms with van der Waals surface area (Å²) in [5, 5.41) is 12.1. The summed E-state index contributed by atoms with van der Waals surface area (Å²) in [6, 6.07) is 13.9. The van der Waals surface area contributed by atoms with Gasteiger partial charge in [-0.1, -0.05) is 30.0 Å². The van der Waals surface area contributed by atoms with Gasteiger partial charge >= 0.3 is 0 Å². The minimum absolute atomic E-state index is 0.0747. The fourth-order valence-corrected chi connectivity index (χ4v) is 3.94. The van der Waals surface area contributed by atoms with E-state index in [0.717, 1.165) is 33.7 Å². The van der Waals surface area contributed by atoms with Crippen molar-refractivity contribution in [3.05, 3.63) is 59.4 Å². The average Bonchev–Trinajstić information content (AvgIpc) is 3.01. The van der Waals surface area contributed by atoms with Gasteiger partial charge in [0.2, 0.25) is 5.91 Å². The van der Waals surface area contributed by atoms with Gasteiger partial charge in [-0.15, -0.1) is 10.2 Å². The summed E-state index contributed by atoms with van der Waals surface area (Å²) in [5.74, 6) is 0.972. The number of anilines is 1. The lowest BCUT2D eigenvalue weighted by Gasteiger charge is -2.09. The molecule has 2 aromatic heterocycles. The van der Waals surface area contributed by atoms with Crippen LogP contribution in [0.1, 0.15) is 17.0 Å². The fourth-order valence-electron chi connectivity index (χ4n) is 3.17. The van der Waals surface area contributed by atoms with Gasteiger partial charge in [-0.05, 0) is 56.2 Å². The molecular weight excluding hydrogens is 358 g/mol. The first-order valence-electron chi connectivity index (χ1n) is 8.63. The van der Waals surface area contributed by atoms with E-state index in [1.54, 1.807) is 0 Å². The number of carbonyl (C=O) groups excluding carboxylic acids is 1. The van der Waals surface area contributed by atoms with Crippen LogP contribution in [-0.2, 0) is 4.79 Å². The third kappa shape index (κ3) is 3.50. The molecule has 27 heavy (non-hydrogen) atoms. The molecule has 0 saturated carbocycles. The second kappa shape index (κ2) is 7.00. The molecule has 0 spiro atoms. The van der Waals surface area contributed by atoms with E-state index in [0.29, 0.717) is 10.7 Å². The number of carbonyl (C=O) groups is 1. The third-order valence-electron chi connectivity index (χ3n) is 4.21.